The van der Waals surface area contributed by atoms with Crippen molar-refractivity contribution < 1.29 is 4.42 Å². The van der Waals surface area contributed by atoms with E-state index in [0.29, 0.717) is 6.54 Å². The molecule has 1 N–H and O–H groups in total. The molecule has 4 rings (SSSR count). The van der Waals surface area contributed by atoms with Gasteiger partial charge in [0, 0.05) is 51.3 Å². The zero-order valence-electron chi connectivity index (χ0n) is 18.2. The number of nitrogens with one attached hydrogen (secondary N) is 1. The summed E-state index contributed by atoms with van der Waals surface area (Å²) in [5, 5.41) is 4.39. The van der Waals surface area contributed by atoms with Crippen LogP contribution >= 0.6 is 11.6 Å². The average molecular weight is 439 g/mol. The Morgan fingerprint density at radius 3 is 2.48 bits per heavy atom. The number of hydrogen-bond donors (Lipinski definition) is 1. The quantitative estimate of drug-likeness (QED) is 0.483. The number of nitrogens with zero attached hydrogens (tertiary/aromatic N) is 3. The van der Waals surface area contributed by atoms with Crippen LogP contribution < -0.4 is 10.2 Å². The van der Waals surface area contributed by atoms with Crippen molar-refractivity contribution in [2.45, 2.75) is 26.3 Å². The molecule has 2 heterocycles. The molecule has 2 aromatic carbocycles. The van der Waals surface area contributed by atoms with Gasteiger partial charge in [0.2, 0.25) is 0 Å². The summed E-state index contributed by atoms with van der Waals surface area (Å²) in [6, 6.07) is 18.4. The number of anilines is 1. The zero-order chi connectivity index (χ0) is 21.5. The van der Waals surface area contributed by atoms with Gasteiger partial charge in [-0.3, -0.25) is 4.90 Å². The molecule has 6 heteroatoms. The van der Waals surface area contributed by atoms with Gasteiger partial charge in [-0.2, -0.15) is 0 Å². The second kappa shape index (κ2) is 10.8. The minimum Gasteiger partial charge on any atom is -0.444 e. The van der Waals surface area contributed by atoms with Gasteiger partial charge in [-0.25, -0.2) is 4.98 Å². The highest BCUT2D eigenvalue weighted by atomic mass is 35.5. The molecule has 1 aromatic heterocycles. The van der Waals surface area contributed by atoms with Crippen LogP contribution in [-0.2, 0) is 13.0 Å². The fraction of sp³-hybridized carbons (Fsp3) is 0.400. The summed E-state index contributed by atoms with van der Waals surface area (Å²) in [7, 11) is 0. The summed E-state index contributed by atoms with van der Waals surface area (Å²) < 4.78 is 6.07. The first-order chi connectivity index (χ1) is 15.2. The molecule has 0 amide bonds. The monoisotopic (exact) mass is 438 g/mol. The molecule has 1 aliphatic rings. The van der Waals surface area contributed by atoms with Crippen LogP contribution in [0.25, 0.3) is 11.3 Å². The van der Waals surface area contributed by atoms with Crippen LogP contribution in [0, 0.1) is 0 Å². The molecule has 0 unspecified atom stereocenters. The molecule has 0 radical (unpaired) electrons. The van der Waals surface area contributed by atoms with E-state index in [1.807, 2.05) is 30.3 Å². The molecule has 0 atom stereocenters. The first kappa shape index (κ1) is 21.9. The van der Waals surface area contributed by atoms with Gasteiger partial charge in [0.25, 0.3) is 0 Å². The summed E-state index contributed by atoms with van der Waals surface area (Å²) >= 11 is 6.35. The summed E-state index contributed by atoms with van der Waals surface area (Å²) in [6.45, 7) is 8.89. The van der Waals surface area contributed by atoms with Crippen LogP contribution in [-0.4, -0.2) is 49.2 Å². The van der Waals surface area contributed by atoms with Crippen LogP contribution in [0.2, 0.25) is 5.02 Å². The molecule has 3 aromatic rings. The molecule has 0 bridgehead atoms. The number of aryl methyl sites for hydroxylation is 1. The van der Waals surface area contributed by atoms with E-state index in [4.69, 9.17) is 21.0 Å². The number of hydrogen-bond acceptors (Lipinski definition) is 5. The number of piperazine rings is 1. The predicted molar refractivity (Wildman–Crippen MR) is 128 cm³/mol. The molecular weight excluding hydrogens is 408 g/mol. The number of rotatable bonds is 9. The lowest BCUT2D eigenvalue weighted by Gasteiger charge is -2.36. The van der Waals surface area contributed by atoms with E-state index >= 15 is 0 Å². The van der Waals surface area contributed by atoms with Crippen molar-refractivity contribution in [3.63, 3.8) is 0 Å². The third kappa shape index (κ3) is 5.67. The van der Waals surface area contributed by atoms with E-state index in [1.165, 1.54) is 0 Å². The minimum absolute atomic E-state index is 0.695. The Kier molecular flexibility index (Phi) is 7.62. The van der Waals surface area contributed by atoms with Crippen molar-refractivity contribution in [1.82, 2.24) is 15.2 Å². The van der Waals surface area contributed by atoms with Gasteiger partial charge in [-0.1, -0.05) is 61.0 Å². The van der Waals surface area contributed by atoms with E-state index in [0.717, 1.165) is 85.7 Å². The Labute approximate surface area is 190 Å². The number of halogens is 1. The molecule has 0 saturated carbocycles. The third-order valence-electron chi connectivity index (χ3n) is 5.71. The predicted octanol–water partition coefficient (Wildman–Crippen LogP) is 4.86. The second-order valence-corrected chi connectivity index (χ2v) is 8.36. The molecule has 5 nitrogen and oxygen atoms in total. The SMILES string of the molecule is CCCc1nc(-c2ccccc2)c(CNCCN2CCN(c3ccccc3Cl)CC2)o1. The van der Waals surface area contributed by atoms with Crippen molar-refractivity contribution in [2.75, 3.05) is 44.2 Å². The summed E-state index contributed by atoms with van der Waals surface area (Å²) in [4.78, 5) is 9.63. The lowest BCUT2D eigenvalue weighted by Crippen LogP contribution is -2.48. The molecular formula is C25H31ClN4O. The molecule has 0 spiro atoms. The first-order valence-electron chi connectivity index (χ1n) is 11.2. The lowest BCUT2D eigenvalue weighted by atomic mass is 10.1. The van der Waals surface area contributed by atoms with Crippen LogP contribution in [0.1, 0.15) is 25.0 Å². The van der Waals surface area contributed by atoms with Crippen molar-refractivity contribution in [3.05, 3.63) is 71.3 Å². The Morgan fingerprint density at radius 2 is 1.74 bits per heavy atom. The van der Waals surface area contributed by atoms with E-state index in [-0.39, 0.29) is 0 Å². The Morgan fingerprint density at radius 1 is 1.00 bits per heavy atom. The number of benzene rings is 2. The smallest absolute Gasteiger partial charge is 0.195 e. The molecule has 0 aliphatic carbocycles. The van der Waals surface area contributed by atoms with Crippen LogP contribution in [0.3, 0.4) is 0 Å². The topological polar surface area (TPSA) is 44.5 Å². The summed E-state index contributed by atoms with van der Waals surface area (Å²) in [5.74, 6) is 1.76. The highest BCUT2D eigenvalue weighted by Crippen LogP contribution is 2.26. The summed E-state index contributed by atoms with van der Waals surface area (Å²) in [5.41, 5.74) is 3.22. The Balaban J connectivity index is 1.26. The van der Waals surface area contributed by atoms with E-state index in [1.54, 1.807) is 0 Å². The first-order valence-corrected chi connectivity index (χ1v) is 11.6. The second-order valence-electron chi connectivity index (χ2n) is 7.95. The standard InChI is InChI=1S/C25H31ClN4O/c1-2-8-24-28-25(20-9-4-3-5-10-20)23(31-24)19-27-13-14-29-15-17-30(18-16-29)22-12-7-6-11-21(22)26/h3-7,9-12,27H,2,8,13-19H2,1H3. The lowest BCUT2D eigenvalue weighted by molar-refractivity contribution is 0.256. The van der Waals surface area contributed by atoms with Crippen molar-refractivity contribution >= 4 is 17.3 Å². The maximum Gasteiger partial charge on any atom is 0.195 e. The molecule has 1 fully saturated rings. The minimum atomic E-state index is 0.695. The van der Waals surface area contributed by atoms with E-state index in [9.17, 15) is 0 Å². The van der Waals surface area contributed by atoms with Gasteiger partial charge < -0.3 is 14.6 Å². The maximum absolute atomic E-state index is 6.35. The highest BCUT2D eigenvalue weighted by molar-refractivity contribution is 6.33. The van der Waals surface area contributed by atoms with Gasteiger partial charge in [0.05, 0.1) is 17.3 Å². The molecule has 31 heavy (non-hydrogen) atoms. The van der Waals surface area contributed by atoms with Crippen molar-refractivity contribution in [3.8, 4) is 11.3 Å². The third-order valence-corrected chi connectivity index (χ3v) is 6.03. The molecule has 1 saturated heterocycles. The van der Waals surface area contributed by atoms with Crippen LogP contribution in [0.4, 0.5) is 5.69 Å². The van der Waals surface area contributed by atoms with E-state index < -0.39 is 0 Å². The highest BCUT2D eigenvalue weighted by Gasteiger charge is 2.19. The van der Waals surface area contributed by atoms with Gasteiger partial charge >= 0.3 is 0 Å². The number of para-hydroxylation sites is 1. The molecule has 164 valence electrons. The number of aromatic nitrogens is 1. The Hall–Kier alpha value is -2.34. The Bertz CT molecular complexity index is 951. The van der Waals surface area contributed by atoms with Gasteiger partial charge in [-0.05, 0) is 18.6 Å². The maximum atomic E-state index is 6.35. The normalized spacial score (nSPS) is 14.8. The van der Waals surface area contributed by atoms with Gasteiger partial charge in [0.1, 0.15) is 11.5 Å². The van der Waals surface area contributed by atoms with Crippen LogP contribution in [0.5, 0.6) is 0 Å². The van der Waals surface area contributed by atoms with Crippen molar-refractivity contribution in [2.24, 2.45) is 0 Å². The van der Waals surface area contributed by atoms with E-state index in [2.05, 4.69) is 46.3 Å². The van der Waals surface area contributed by atoms with Crippen LogP contribution in [0.15, 0.2) is 59.0 Å². The zero-order valence-corrected chi connectivity index (χ0v) is 18.9. The fourth-order valence-corrected chi connectivity index (χ4v) is 4.28. The van der Waals surface area contributed by atoms with Crippen molar-refractivity contribution in [1.29, 1.82) is 0 Å². The largest absolute Gasteiger partial charge is 0.444 e. The fourth-order valence-electron chi connectivity index (χ4n) is 4.02. The average Bonchev–Trinajstić information content (AvgIpc) is 3.21. The van der Waals surface area contributed by atoms with Gasteiger partial charge in [-0.15, -0.1) is 0 Å². The number of oxazole rings is 1. The van der Waals surface area contributed by atoms with Gasteiger partial charge in [0.15, 0.2) is 5.89 Å². The molecule has 1 aliphatic heterocycles. The summed E-state index contributed by atoms with van der Waals surface area (Å²) in [6.07, 6.45) is 1.90.